The predicted molar refractivity (Wildman–Crippen MR) is 83.9 cm³/mol. The van der Waals surface area contributed by atoms with E-state index < -0.39 is 0 Å². The summed E-state index contributed by atoms with van der Waals surface area (Å²) in [4.78, 5) is 2.04. The van der Waals surface area contributed by atoms with Gasteiger partial charge in [-0.2, -0.15) is 0 Å². The molecule has 0 radical (unpaired) electrons. The summed E-state index contributed by atoms with van der Waals surface area (Å²) in [6.45, 7) is 9.03. The number of aliphatic hydroxyl groups excluding tert-OH is 1. The monoisotopic (exact) mass is 262 g/mol. The molecular formula is C16H26N2O. The van der Waals surface area contributed by atoms with Crippen LogP contribution in [0.1, 0.15) is 20.3 Å². The van der Waals surface area contributed by atoms with Crippen LogP contribution in [0.5, 0.6) is 0 Å². The zero-order valence-electron chi connectivity index (χ0n) is 12.3. The molecule has 2 N–H and O–H groups in total. The Hall–Kier alpha value is -1.48. The third-order valence-corrected chi connectivity index (χ3v) is 3.53. The molecule has 0 aromatic heterocycles. The first-order valence-electron chi connectivity index (χ1n) is 6.88. The van der Waals surface area contributed by atoms with Gasteiger partial charge >= 0.3 is 0 Å². The van der Waals surface area contributed by atoms with Gasteiger partial charge in [-0.3, -0.25) is 0 Å². The lowest BCUT2D eigenvalue weighted by Gasteiger charge is -2.22. The average molecular weight is 262 g/mol. The van der Waals surface area contributed by atoms with Gasteiger partial charge in [-0.05, 0) is 43.5 Å². The number of allylic oxidation sites excluding steroid dienone is 1. The second-order valence-corrected chi connectivity index (χ2v) is 5.13. The fourth-order valence-electron chi connectivity index (χ4n) is 1.96. The molecule has 0 aliphatic rings. The van der Waals surface area contributed by atoms with Gasteiger partial charge in [-0.1, -0.05) is 13.0 Å². The van der Waals surface area contributed by atoms with Gasteiger partial charge in [0.2, 0.25) is 0 Å². The number of hydrogen-bond donors (Lipinski definition) is 2. The highest BCUT2D eigenvalue weighted by molar-refractivity contribution is 5.55. The van der Waals surface area contributed by atoms with Crippen LogP contribution in [0.15, 0.2) is 36.9 Å². The smallest absolute Gasteiger partial charge is 0.0606 e. The summed E-state index contributed by atoms with van der Waals surface area (Å²) in [5, 5.41) is 12.4. The van der Waals surface area contributed by atoms with Crippen molar-refractivity contribution >= 4 is 11.4 Å². The molecule has 106 valence electrons. The molecule has 0 aliphatic carbocycles. The van der Waals surface area contributed by atoms with Crippen molar-refractivity contribution in [2.45, 2.75) is 26.3 Å². The summed E-state index contributed by atoms with van der Waals surface area (Å²) in [6, 6.07) is 8.73. The molecule has 0 aliphatic heterocycles. The zero-order valence-corrected chi connectivity index (χ0v) is 12.3. The summed E-state index contributed by atoms with van der Waals surface area (Å²) >= 11 is 0. The Balaban J connectivity index is 2.59. The molecule has 0 spiro atoms. The average Bonchev–Trinajstić information content (AvgIpc) is 2.40. The molecular weight excluding hydrogens is 236 g/mol. The van der Waals surface area contributed by atoms with Crippen molar-refractivity contribution in [1.82, 2.24) is 0 Å². The first kappa shape index (κ1) is 15.6. The molecule has 0 saturated carbocycles. The van der Waals surface area contributed by atoms with Crippen LogP contribution in [0.3, 0.4) is 0 Å². The van der Waals surface area contributed by atoms with Crippen LogP contribution in [-0.2, 0) is 0 Å². The first-order chi connectivity index (χ1) is 9.08. The SMILES string of the molecule is C=CCC(C)C(C)Nc1ccc(N(C)CCO)cc1. The number of nitrogens with one attached hydrogen (secondary N) is 1. The van der Waals surface area contributed by atoms with Crippen molar-refractivity contribution in [3.05, 3.63) is 36.9 Å². The fraction of sp³-hybridized carbons (Fsp3) is 0.500. The van der Waals surface area contributed by atoms with E-state index in [1.807, 2.05) is 18.0 Å². The maximum absolute atomic E-state index is 8.92. The summed E-state index contributed by atoms with van der Waals surface area (Å²) in [5.41, 5.74) is 2.25. The van der Waals surface area contributed by atoms with Gasteiger partial charge in [-0.25, -0.2) is 0 Å². The first-order valence-corrected chi connectivity index (χ1v) is 6.88. The van der Waals surface area contributed by atoms with Crippen LogP contribution in [0.2, 0.25) is 0 Å². The lowest BCUT2D eigenvalue weighted by molar-refractivity contribution is 0.304. The van der Waals surface area contributed by atoms with Crippen molar-refractivity contribution in [2.75, 3.05) is 30.4 Å². The normalized spacial score (nSPS) is 13.7. The van der Waals surface area contributed by atoms with Crippen molar-refractivity contribution in [1.29, 1.82) is 0 Å². The Bertz CT molecular complexity index is 375. The van der Waals surface area contributed by atoms with E-state index in [1.165, 1.54) is 0 Å². The molecule has 19 heavy (non-hydrogen) atoms. The van der Waals surface area contributed by atoms with Gasteiger partial charge in [0, 0.05) is 31.0 Å². The molecule has 2 atom stereocenters. The van der Waals surface area contributed by atoms with Crippen LogP contribution >= 0.6 is 0 Å². The molecule has 0 saturated heterocycles. The summed E-state index contributed by atoms with van der Waals surface area (Å²) in [7, 11) is 1.98. The topological polar surface area (TPSA) is 35.5 Å². The van der Waals surface area contributed by atoms with E-state index in [2.05, 4.69) is 50.0 Å². The number of hydrogen-bond acceptors (Lipinski definition) is 3. The van der Waals surface area contributed by atoms with E-state index in [0.29, 0.717) is 18.5 Å². The van der Waals surface area contributed by atoms with Crippen molar-refractivity contribution in [2.24, 2.45) is 5.92 Å². The Morgan fingerprint density at radius 3 is 2.47 bits per heavy atom. The highest BCUT2D eigenvalue weighted by atomic mass is 16.3. The van der Waals surface area contributed by atoms with Gasteiger partial charge in [0.15, 0.2) is 0 Å². The van der Waals surface area contributed by atoms with Crippen LogP contribution in [0, 0.1) is 5.92 Å². The molecule has 0 bridgehead atoms. The van der Waals surface area contributed by atoms with Gasteiger partial charge in [0.05, 0.1) is 6.61 Å². The van der Waals surface area contributed by atoms with E-state index in [-0.39, 0.29) is 6.61 Å². The van der Waals surface area contributed by atoms with Crippen LogP contribution in [0.4, 0.5) is 11.4 Å². The maximum Gasteiger partial charge on any atom is 0.0606 e. The number of aliphatic hydroxyl groups is 1. The van der Waals surface area contributed by atoms with Crippen LogP contribution < -0.4 is 10.2 Å². The van der Waals surface area contributed by atoms with E-state index >= 15 is 0 Å². The predicted octanol–water partition coefficient (Wildman–Crippen LogP) is 3.13. The number of likely N-dealkylation sites (N-methyl/N-ethyl adjacent to an activating group) is 1. The molecule has 3 nitrogen and oxygen atoms in total. The van der Waals surface area contributed by atoms with E-state index in [1.54, 1.807) is 0 Å². The number of nitrogens with zero attached hydrogens (tertiary/aromatic N) is 1. The van der Waals surface area contributed by atoms with Crippen molar-refractivity contribution in [3.8, 4) is 0 Å². The minimum Gasteiger partial charge on any atom is -0.395 e. The van der Waals surface area contributed by atoms with Gasteiger partial charge in [0.1, 0.15) is 0 Å². The fourth-order valence-corrected chi connectivity index (χ4v) is 1.96. The molecule has 3 heteroatoms. The Morgan fingerprint density at radius 2 is 1.95 bits per heavy atom. The number of rotatable bonds is 8. The lowest BCUT2D eigenvalue weighted by Crippen LogP contribution is -2.23. The van der Waals surface area contributed by atoms with Crippen LogP contribution in [-0.4, -0.2) is 31.3 Å². The van der Waals surface area contributed by atoms with Crippen molar-refractivity contribution in [3.63, 3.8) is 0 Å². The second-order valence-electron chi connectivity index (χ2n) is 5.13. The third kappa shape index (κ3) is 4.95. The largest absolute Gasteiger partial charge is 0.395 e. The molecule has 2 unspecified atom stereocenters. The Morgan fingerprint density at radius 1 is 1.32 bits per heavy atom. The standard InChI is InChI=1S/C16H26N2O/c1-5-6-13(2)14(3)17-15-7-9-16(10-8-15)18(4)11-12-19/h5,7-10,13-14,17,19H,1,6,11-12H2,2-4H3. The van der Waals surface area contributed by atoms with Gasteiger partial charge in [-0.15, -0.1) is 6.58 Å². The molecule has 0 heterocycles. The van der Waals surface area contributed by atoms with Crippen molar-refractivity contribution < 1.29 is 5.11 Å². The third-order valence-electron chi connectivity index (χ3n) is 3.53. The number of benzene rings is 1. The Labute approximate surface area is 116 Å². The quantitative estimate of drug-likeness (QED) is 0.707. The molecule has 0 fully saturated rings. The maximum atomic E-state index is 8.92. The minimum atomic E-state index is 0.173. The van der Waals surface area contributed by atoms with E-state index in [9.17, 15) is 0 Å². The van der Waals surface area contributed by atoms with Gasteiger partial charge < -0.3 is 15.3 Å². The van der Waals surface area contributed by atoms with E-state index in [0.717, 1.165) is 17.8 Å². The molecule has 1 rings (SSSR count). The van der Waals surface area contributed by atoms with E-state index in [4.69, 9.17) is 5.11 Å². The highest BCUT2D eigenvalue weighted by Crippen LogP contribution is 2.19. The van der Waals surface area contributed by atoms with Gasteiger partial charge in [0.25, 0.3) is 0 Å². The number of anilines is 2. The lowest BCUT2D eigenvalue weighted by atomic mass is 9.99. The highest BCUT2D eigenvalue weighted by Gasteiger charge is 2.10. The Kier molecular flexibility index (Phi) is 6.43. The summed E-state index contributed by atoms with van der Waals surface area (Å²) in [5.74, 6) is 0.564. The zero-order chi connectivity index (χ0) is 14.3. The summed E-state index contributed by atoms with van der Waals surface area (Å²) in [6.07, 6.45) is 2.99. The van der Waals surface area contributed by atoms with Crippen LogP contribution in [0.25, 0.3) is 0 Å². The molecule has 1 aromatic carbocycles. The molecule has 1 aromatic rings. The minimum absolute atomic E-state index is 0.173. The summed E-state index contributed by atoms with van der Waals surface area (Å²) < 4.78 is 0. The molecule has 0 amide bonds. The second kappa shape index (κ2) is 7.85.